The van der Waals surface area contributed by atoms with Gasteiger partial charge in [0.05, 0.1) is 13.7 Å². The zero-order chi connectivity index (χ0) is 25.9. The molecule has 192 valence electrons. The average Bonchev–Trinajstić information content (AvgIpc) is 3.39. The van der Waals surface area contributed by atoms with Gasteiger partial charge in [0.1, 0.15) is 11.6 Å². The second-order valence-electron chi connectivity index (χ2n) is 8.20. The van der Waals surface area contributed by atoms with Gasteiger partial charge in [-0.15, -0.1) is 10.2 Å². The third kappa shape index (κ3) is 5.59. The summed E-state index contributed by atoms with van der Waals surface area (Å²) in [6.45, 7) is 5.43. The molecule has 1 fully saturated rings. The molecule has 0 atom stereocenters. The summed E-state index contributed by atoms with van der Waals surface area (Å²) in [5.74, 6) is -2.08. The minimum Gasteiger partial charge on any atom is -0.497 e. The number of hydrogen-bond acceptors (Lipinski definition) is 6. The number of piperazine rings is 1. The van der Waals surface area contributed by atoms with Crippen molar-refractivity contribution in [3.63, 3.8) is 0 Å². The fourth-order valence-corrected chi connectivity index (χ4v) is 3.89. The van der Waals surface area contributed by atoms with Crippen molar-refractivity contribution < 1.29 is 31.5 Å². The fourth-order valence-electron chi connectivity index (χ4n) is 3.89. The molecule has 0 N–H and O–H groups in total. The van der Waals surface area contributed by atoms with E-state index in [9.17, 15) is 18.0 Å². The highest BCUT2D eigenvalue weighted by Crippen LogP contribution is 2.31. The molecule has 0 spiro atoms. The van der Waals surface area contributed by atoms with E-state index in [4.69, 9.17) is 4.74 Å². The summed E-state index contributed by atoms with van der Waals surface area (Å²) in [6.07, 6.45) is -4.80. The lowest BCUT2D eigenvalue weighted by atomic mass is 10.1. The van der Waals surface area contributed by atoms with Gasteiger partial charge in [0.2, 0.25) is 5.89 Å². The fraction of sp³-hybridized carbons (Fsp3) is 0.375. The van der Waals surface area contributed by atoms with Gasteiger partial charge in [-0.2, -0.15) is 13.2 Å². The Morgan fingerprint density at radius 2 is 1.78 bits per heavy atom. The second kappa shape index (κ2) is 10.5. The Morgan fingerprint density at radius 1 is 1.08 bits per heavy atom. The first kappa shape index (κ1) is 25.4. The third-order valence-electron chi connectivity index (χ3n) is 6.00. The topological polar surface area (TPSA) is 74.9 Å². The molecule has 0 radical (unpaired) electrons. The minimum absolute atomic E-state index is 0.00254. The molecule has 1 aliphatic heterocycles. The molecule has 2 heterocycles. The molecule has 8 nitrogen and oxygen atoms in total. The maximum absolute atomic E-state index is 15.1. The van der Waals surface area contributed by atoms with Crippen LogP contribution < -0.4 is 9.64 Å². The van der Waals surface area contributed by atoms with E-state index in [-0.39, 0.29) is 23.7 Å². The number of hydrogen-bond donors (Lipinski definition) is 0. The summed E-state index contributed by atoms with van der Waals surface area (Å²) in [5.41, 5.74) is 0.719. The van der Waals surface area contributed by atoms with Crippen LogP contribution >= 0.6 is 0 Å². The first-order valence-corrected chi connectivity index (χ1v) is 11.3. The van der Waals surface area contributed by atoms with Crippen molar-refractivity contribution in [2.24, 2.45) is 0 Å². The first-order valence-electron chi connectivity index (χ1n) is 11.3. The standard InChI is InChI=1S/C24H25F4N5O3/c1-3-31-10-12-32(13-11-31)23(34)33(18-6-8-19(35-2)9-7-18)15-17-5-4-16(14-20(17)25)21-29-30-22(36-21)24(26,27)28/h4-9,14H,3,10-13,15H2,1-2H3. The number of halogens is 4. The molecule has 0 aliphatic carbocycles. The molecule has 0 unspecified atom stereocenters. The Morgan fingerprint density at radius 3 is 2.33 bits per heavy atom. The van der Waals surface area contributed by atoms with Gasteiger partial charge in [-0.05, 0) is 42.9 Å². The van der Waals surface area contributed by atoms with Crippen LogP contribution in [0, 0.1) is 5.82 Å². The Hall–Kier alpha value is -3.67. The molecule has 0 bridgehead atoms. The lowest BCUT2D eigenvalue weighted by Crippen LogP contribution is -2.52. The van der Waals surface area contributed by atoms with Crippen molar-refractivity contribution in [3.05, 3.63) is 59.7 Å². The van der Waals surface area contributed by atoms with Gasteiger partial charge in [0.15, 0.2) is 0 Å². The lowest BCUT2D eigenvalue weighted by Gasteiger charge is -2.37. The SMILES string of the molecule is CCN1CCN(C(=O)N(Cc2ccc(-c3nnc(C(F)(F)F)o3)cc2F)c2ccc(OC)cc2)CC1. The molecule has 12 heteroatoms. The molecular weight excluding hydrogens is 482 g/mol. The number of alkyl halides is 3. The van der Waals surface area contributed by atoms with Gasteiger partial charge < -0.3 is 19.0 Å². The van der Waals surface area contributed by atoms with Crippen molar-refractivity contribution in [1.82, 2.24) is 20.0 Å². The largest absolute Gasteiger partial charge is 0.497 e. The number of methoxy groups -OCH3 is 1. The monoisotopic (exact) mass is 507 g/mol. The molecule has 2 aromatic carbocycles. The van der Waals surface area contributed by atoms with E-state index in [1.165, 1.54) is 24.1 Å². The Balaban J connectivity index is 1.59. The summed E-state index contributed by atoms with van der Waals surface area (Å²) in [7, 11) is 1.53. The lowest BCUT2D eigenvalue weighted by molar-refractivity contribution is -0.156. The van der Waals surface area contributed by atoms with Crippen molar-refractivity contribution in [1.29, 1.82) is 0 Å². The van der Waals surface area contributed by atoms with E-state index in [0.717, 1.165) is 25.7 Å². The summed E-state index contributed by atoms with van der Waals surface area (Å²) >= 11 is 0. The summed E-state index contributed by atoms with van der Waals surface area (Å²) in [4.78, 5) is 18.9. The van der Waals surface area contributed by atoms with Crippen LogP contribution in [0.2, 0.25) is 0 Å². The summed E-state index contributed by atoms with van der Waals surface area (Å²) < 4.78 is 63.2. The van der Waals surface area contributed by atoms with Gasteiger partial charge in [0, 0.05) is 43.0 Å². The predicted molar refractivity (Wildman–Crippen MR) is 123 cm³/mol. The Labute approximate surface area is 205 Å². The second-order valence-corrected chi connectivity index (χ2v) is 8.20. The van der Waals surface area contributed by atoms with E-state index < -0.39 is 23.8 Å². The van der Waals surface area contributed by atoms with Crippen LogP contribution in [0.4, 0.5) is 28.0 Å². The highest BCUT2D eigenvalue weighted by atomic mass is 19.4. The van der Waals surface area contributed by atoms with Crippen molar-refractivity contribution in [3.8, 4) is 17.2 Å². The Bertz CT molecular complexity index is 1190. The average molecular weight is 507 g/mol. The number of carbonyl (C=O) groups excluding carboxylic acids is 1. The molecule has 3 aromatic rings. The van der Waals surface area contributed by atoms with Crippen molar-refractivity contribution in [2.75, 3.05) is 44.7 Å². The highest BCUT2D eigenvalue weighted by molar-refractivity contribution is 5.92. The third-order valence-corrected chi connectivity index (χ3v) is 6.00. The van der Waals surface area contributed by atoms with Crippen molar-refractivity contribution in [2.45, 2.75) is 19.6 Å². The van der Waals surface area contributed by atoms with Crippen LogP contribution in [-0.2, 0) is 12.7 Å². The zero-order valence-corrected chi connectivity index (χ0v) is 19.8. The van der Waals surface area contributed by atoms with E-state index in [2.05, 4.69) is 26.4 Å². The number of benzene rings is 2. The zero-order valence-electron chi connectivity index (χ0n) is 19.8. The maximum Gasteiger partial charge on any atom is 0.470 e. The van der Waals surface area contributed by atoms with Crippen LogP contribution in [0.3, 0.4) is 0 Å². The van der Waals surface area contributed by atoms with E-state index in [1.54, 1.807) is 29.2 Å². The molecular formula is C24H25F4N5O3. The van der Waals surface area contributed by atoms with E-state index in [0.29, 0.717) is 24.5 Å². The van der Waals surface area contributed by atoms with E-state index in [1.807, 2.05) is 0 Å². The molecule has 0 saturated carbocycles. The number of nitrogens with zero attached hydrogens (tertiary/aromatic N) is 5. The van der Waals surface area contributed by atoms with Gasteiger partial charge in [0.25, 0.3) is 0 Å². The number of carbonyl (C=O) groups is 1. The number of rotatable bonds is 6. The van der Waals surface area contributed by atoms with Gasteiger partial charge in [-0.1, -0.05) is 13.0 Å². The van der Waals surface area contributed by atoms with Crippen LogP contribution in [0.15, 0.2) is 46.9 Å². The maximum atomic E-state index is 15.1. The highest BCUT2D eigenvalue weighted by Gasteiger charge is 2.38. The van der Waals surface area contributed by atoms with Gasteiger partial charge in [-0.25, -0.2) is 9.18 Å². The number of aromatic nitrogens is 2. The van der Waals surface area contributed by atoms with Gasteiger partial charge in [-0.3, -0.25) is 4.90 Å². The number of likely N-dealkylation sites (N-methyl/N-ethyl adjacent to an activating group) is 1. The number of amides is 2. The molecule has 4 rings (SSSR count). The molecule has 1 aromatic heterocycles. The van der Waals surface area contributed by atoms with Crippen LogP contribution in [0.5, 0.6) is 5.75 Å². The molecule has 1 aliphatic rings. The number of anilines is 1. The first-order chi connectivity index (χ1) is 17.2. The normalized spacial score (nSPS) is 14.7. The van der Waals surface area contributed by atoms with Crippen LogP contribution in [-0.4, -0.2) is 65.9 Å². The quantitative estimate of drug-likeness (QED) is 0.452. The van der Waals surface area contributed by atoms with Crippen LogP contribution in [0.25, 0.3) is 11.5 Å². The van der Waals surface area contributed by atoms with Gasteiger partial charge >= 0.3 is 18.1 Å². The summed E-state index contributed by atoms with van der Waals surface area (Å²) in [5, 5.41) is 6.33. The summed E-state index contributed by atoms with van der Waals surface area (Å²) in [6, 6.07) is 10.3. The number of ether oxygens (including phenoxy) is 1. The minimum atomic E-state index is -4.80. The number of urea groups is 1. The molecule has 36 heavy (non-hydrogen) atoms. The van der Waals surface area contributed by atoms with Crippen LogP contribution in [0.1, 0.15) is 18.4 Å². The Kier molecular flexibility index (Phi) is 7.43. The molecule has 1 saturated heterocycles. The predicted octanol–water partition coefficient (Wildman–Crippen LogP) is 4.67. The molecule has 2 amide bonds. The van der Waals surface area contributed by atoms with Crippen molar-refractivity contribution >= 4 is 11.7 Å². The smallest absolute Gasteiger partial charge is 0.470 e. The van der Waals surface area contributed by atoms with E-state index >= 15 is 4.39 Å².